The Hall–Kier alpha value is -3.42. The maximum Gasteiger partial charge on any atom is 0.255 e. The number of nitrogens with one attached hydrogen (secondary N) is 2. The van der Waals surface area contributed by atoms with Crippen LogP contribution in [0.25, 0.3) is 6.08 Å². The van der Waals surface area contributed by atoms with Crippen LogP contribution in [0.2, 0.25) is 0 Å². The summed E-state index contributed by atoms with van der Waals surface area (Å²) in [6.07, 6.45) is 5.33. The third kappa shape index (κ3) is 7.53. The van der Waals surface area contributed by atoms with Gasteiger partial charge in [-0.05, 0) is 73.0 Å². The summed E-state index contributed by atoms with van der Waals surface area (Å²) < 4.78 is 27.2. The number of hydrogen-bond donors (Lipinski definition) is 2. The Bertz CT molecular complexity index is 1250. The van der Waals surface area contributed by atoms with Crippen LogP contribution in [-0.4, -0.2) is 32.3 Å². The van der Waals surface area contributed by atoms with E-state index in [0.717, 1.165) is 36.2 Å². The molecule has 6 nitrogen and oxygen atoms in total. The van der Waals surface area contributed by atoms with Crippen molar-refractivity contribution in [1.29, 1.82) is 0 Å². The first-order chi connectivity index (χ1) is 17.0. The molecule has 0 atom stereocenters. The Morgan fingerprint density at radius 3 is 2.20 bits per heavy atom. The molecule has 1 aliphatic heterocycles. The first kappa shape index (κ1) is 24.7. The van der Waals surface area contributed by atoms with E-state index in [4.69, 9.17) is 0 Å². The Morgan fingerprint density at radius 2 is 1.49 bits per heavy atom. The predicted octanol–water partition coefficient (Wildman–Crippen LogP) is 5.02. The normalized spacial score (nSPS) is 14.6. The molecule has 1 aliphatic rings. The Morgan fingerprint density at radius 1 is 0.829 bits per heavy atom. The Balaban J connectivity index is 1.33. The number of rotatable bonds is 9. The smallest absolute Gasteiger partial charge is 0.255 e. The second kappa shape index (κ2) is 11.8. The van der Waals surface area contributed by atoms with Crippen LogP contribution in [0.3, 0.4) is 0 Å². The van der Waals surface area contributed by atoms with Crippen molar-refractivity contribution in [2.24, 2.45) is 0 Å². The highest BCUT2D eigenvalue weighted by Crippen LogP contribution is 2.17. The van der Waals surface area contributed by atoms with Crippen LogP contribution < -0.4 is 10.0 Å². The summed E-state index contributed by atoms with van der Waals surface area (Å²) in [7, 11) is -3.66. The lowest BCUT2D eigenvalue weighted by Gasteiger charge is -2.27. The van der Waals surface area contributed by atoms with Crippen LogP contribution in [0.5, 0.6) is 0 Å². The molecule has 182 valence electrons. The lowest BCUT2D eigenvalue weighted by Crippen LogP contribution is -2.30. The molecular weight excluding hydrogens is 458 g/mol. The van der Waals surface area contributed by atoms with E-state index < -0.39 is 10.0 Å². The number of carbonyl (C=O) groups excluding carboxylic acids is 1. The molecule has 7 heteroatoms. The number of amides is 1. The van der Waals surface area contributed by atoms with Crippen molar-refractivity contribution in [3.63, 3.8) is 0 Å². The molecule has 1 fully saturated rings. The fourth-order valence-corrected chi connectivity index (χ4v) is 5.01. The van der Waals surface area contributed by atoms with Gasteiger partial charge in [-0.1, -0.05) is 61.0 Å². The second-order valence-corrected chi connectivity index (χ2v) is 10.3. The number of benzene rings is 3. The molecule has 1 amide bonds. The highest BCUT2D eigenvalue weighted by Gasteiger charge is 2.13. The fourth-order valence-electron chi connectivity index (χ4n) is 4.14. The lowest BCUT2D eigenvalue weighted by atomic mass is 10.0. The minimum absolute atomic E-state index is 0.198. The summed E-state index contributed by atoms with van der Waals surface area (Å²) in [6, 6.07) is 23.8. The van der Waals surface area contributed by atoms with Crippen LogP contribution >= 0.6 is 0 Å². The standard InChI is InChI=1S/C28H31N3O3S/c32-28(29-21-25-11-5-6-12-26(25)22-31-18-7-2-8-19-31)24-13-15-27(16-14-24)30-35(33,34)20-17-23-9-3-1-4-10-23/h1,3-6,9-17,20,30H,2,7-8,18-19,21-22H2,(H,29,32)/b20-17+. The molecule has 0 unspecified atom stereocenters. The molecule has 3 aromatic rings. The molecule has 4 rings (SSSR count). The van der Waals surface area contributed by atoms with Crippen molar-refractivity contribution >= 4 is 27.7 Å². The van der Waals surface area contributed by atoms with Crippen molar-refractivity contribution in [3.05, 3.63) is 107 Å². The summed E-state index contributed by atoms with van der Waals surface area (Å²) in [5, 5.41) is 4.12. The zero-order valence-corrected chi connectivity index (χ0v) is 20.5. The number of sulfonamides is 1. The summed E-state index contributed by atoms with van der Waals surface area (Å²) in [5.41, 5.74) is 4.01. The highest BCUT2D eigenvalue weighted by molar-refractivity contribution is 7.95. The largest absolute Gasteiger partial charge is 0.348 e. The maximum absolute atomic E-state index is 12.7. The Labute approximate surface area is 207 Å². The molecule has 0 radical (unpaired) electrons. The van der Waals surface area contributed by atoms with Gasteiger partial charge in [0.15, 0.2) is 0 Å². The first-order valence-electron chi connectivity index (χ1n) is 11.9. The number of piperidine rings is 1. The number of carbonyl (C=O) groups is 1. The molecule has 0 aromatic heterocycles. The molecule has 1 heterocycles. The minimum Gasteiger partial charge on any atom is -0.348 e. The van der Waals surface area contributed by atoms with Crippen LogP contribution in [0.15, 0.2) is 84.3 Å². The van der Waals surface area contributed by atoms with Gasteiger partial charge >= 0.3 is 0 Å². The van der Waals surface area contributed by atoms with Gasteiger partial charge in [0.1, 0.15) is 0 Å². The van der Waals surface area contributed by atoms with E-state index in [2.05, 4.69) is 27.1 Å². The third-order valence-corrected chi connectivity index (χ3v) is 7.06. The van der Waals surface area contributed by atoms with Gasteiger partial charge in [0, 0.05) is 24.3 Å². The molecule has 0 bridgehead atoms. The van der Waals surface area contributed by atoms with E-state index in [0.29, 0.717) is 17.8 Å². The molecule has 0 spiro atoms. The van der Waals surface area contributed by atoms with Crippen LogP contribution in [-0.2, 0) is 23.1 Å². The van der Waals surface area contributed by atoms with Crippen molar-refractivity contribution in [1.82, 2.24) is 10.2 Å². The van der Waals surface area contributed by atoms with E-state index in [1.54, 1.807) is 24.3 Å². The summed E-state index contributed by atoms with van der Waals surface area (Å²) in [6.45, 7) is 3.60. The van der Waals surface area contributed by atoms with Gasteiger partial charge in [-0.2, -0.15) is 0 Å². The predicted molar refractivity (Wildman–Crippen MR) is 141 cm³/mol. The number of anilines is 1. The van der Waals surface area contributed by atoms with Crippen molar-refractivity contribution in [2.75, 3.05) is 17.8 Å². The van der Waals surface area contributed by atoms with Gasteiger partial charge in [-0.25, -0.2) is 8.42 Å². The second-order valence-electron chi connectivity index (χ2n) is 8.73. The molecule has 2 N–H and O–H groups in total. The minimum atomic E-state index is -3.66. The Kier molecular flexibility index (Phi) is 8.34. The SMILES string of the molecule is O=C(NCc1ccccc1CN1CCCCC1)c1ccc(NS(=O)(=O)/C=C/c2ccccc2)cc1. The van der Waals surface area contributed by atoms with E-state index in [9.17, 15) is 13.2 Å². The zero-order chi connectivity index (χ0) is 24.5. The lowest BCUT2D eigenvalue weighted by molar-refractivity contribution is 0.0950. The fraction of sp³-hybridized carbons (Fsp3) is 0.250. The van der Waals surface area contributed by atoms with E-state index in [1.165, 1.54) is 30.9 Å². The molecule has 35 heavy (non-hydrogen) atoms. The third-order valence-electron chi connectivity index (χ3n) is 6.05. The van der Waals surface area contributed by atoms with Crippen molar-refractivity contribution < 1.29 is 13.2 Å². The average Bonchev–Trinajstić information content (AvgIpc) is 2.88. The topological polar surface area (TPSA) is 78.5 Å². The molecule has 1 saturated heterocycles. The maximum atomic E-state index is 12.7. The van der Waals surface area contributed by atoms with E-state index in [1.807, 2.05) is 42.5 Å². The summed E-state index contributed by atoms with van der Waals surface area (Å²) in [5.74, 6) is -0.198. The number of hydrogen-bond acceptors (Lipinski definition) is 4. The van der Waals surface area contributed by atoms with E-state index in [-0.39, 0.29) is 5.91 Å². The molecule has 0 aliphatic carbocycles. The number of likely N-dealkylation sites (tertiary alicyclic amines) is 1. The van der Waals surface area contributed by atoms with Gasteiger partial charge in [0.05, 0.1) is 5.41 Å². The number of nitrogens with zero attached hydrogens (tertiary/aromatic N) is 1. The highest BCUT2D eigenvalue weighted by atomic mass is 32.2. The van der Waals surface area contributed by atoms with Gasteiger partial charge in [-0.15, -0.1) is 0 Å². The first-order valence-corrected chi connectivity index (χ1v) is 13.5. The molecule has 0 saturated carbocycles. The van der Waals surface area contributed by atoms with Gasteiger partial charge < -0.3 is 5.32 Å². The van der Waals surface area contributed by atoms with Gasteiger partial charge in [0.25, 0.3) is 15.9 Å². The molecular formula is C28H31N3O3S. The summed E-state index contributed by atoms with van der Waals surface area (Å²) in [4.78, 5) is 15.2. The van der Waals surface area contributed by atoms with Crippen LogP contribution in [0.4, 0.5) is 5.69 Å². The zero-order valence-electron chi connectivity index (χ0n) is 19.7. The van der Waals surface area contributed by atoms with Crippen LogP contribution in [0, 0.1) is 0 Å². The quantitative estimate of drug-likeness (QED) is 0.443. The van der Waals surface area contributed by atoms with Crippen LogP contribution in [0.1, 0.15) is 46.3 Å². The van der Waals surface area contributed by atoms with E-state index >= 15 is 0 Å². The van der Waals surface area contributed by atoms with Gasteiger partial charge in [0.2, 0.25) is 0 Å². The van der Waals surface area contributed by atoms with Crippen molar-refractivity contribution in [3.8, 4) is 0 Å². The monoisotopic (exact) mass is 489 g/mol. The summed E-state index contributed by atoms with van der Waals surface area (Å²) >= 11 is 0. The molecule has 3 aromatic carbocycles. The average molecular weight is 490 g/mol. The van der Waals surface area contributed by atoms with Gasteiger partial charge in [-0.3, -0.25) is 14.4 Å². The van der Waals surface area contributed by atoms with Crippen molar-refractivity contribution in [2.45, 2.75) is 32.4 Å².